The van der Waals surface area contributed by atoms with E-state index in [-0.39, 0.29) is 139 Å². The molecule has 0 N–H and O–H groups in total. The van der Waals surface area contributed by atoms with Crippen molar-refractivity contribution in [3.05, 3.63) is 0 Å². The highest BCUT2D eigenvalue weighted by atomic mass is 31.2. The quantitative estimate of drug-likeness (QED) is 0.0237. The molecule has 506 valence electrons. The number of hydrogen-bond donors (Lipinski definition) is 0. The van der Waals surface area contributed by atoms with E-state index in [0.717, 1.165) is 12.8 Å². The van der Waals surface area contributed by atoms with Crippen LogP contribution in [-0.2, 0) is 75.9 Å². The van der Waals surface area contributed by atoms with Crippen LogP contribution in [0.3, 0.4) is 0 Å². The van der Waals surface area contributed by atoms with Gasteiger partial charge in [-0.15, -0.1) is 0 Å². The van der Waals surface area contributed by atoms with E-state index in [4.69, 9.17) is 33.3 Å². The van der Waals surface area contributed by atoms with Crippen molar-refractivity contribution in [3.63, 3.8) is 0 Å². The van der Waals surface area contributed by atoms with Gasteiger partial charge in [0.25, 0.3) is 8.53 Å². The highest BCUT2D eigenvalue weighted by Gasteiger charge is 2.33. The molecular formula is C67H122N3O16P. The van der Waals surface area contributed by atoms with Gasteiger partial charge >= 0.3 is 11.9 Å². The minimum Gasteiger partial charge on any atom is -0.462 e. The van der Waals surface area contributed by atoms with Crippen molar-refractivity contribution in [1.29, 1.82) is 5.26 Å². The largest absolute Gasteiger partial charge is 0.462 e. The number of nitrogens with zero attached hydrogens (tertiary/aromatic N) is 3. The van der Waals surface area contributed by atoms with Crippen LogP contribution < -0.4 is 0 Å². The van der Waals surface area contributed by atoms with Crippen LogP contribution in [0.4, 0.5) is 0 Å². The van der Waals surface area contributed by atoms with E-state index in [1.165, 1.54) is 13.8 Å². The molecule has 0 radical (unpaired) electrons. The lowest BCUT2D eigenvalue weighted by atomic mass is 10.0. The Labute approximate surface area is 528 Å². The van der Waals surface area contributed by atoms with E-state index < -0.39 is 33.0 Å². The Morgan fingerprint density at radius 2 is 0.874 bits per heavy atom. The molecule has 0 aromatic carbocycles. The van der Waals surface area contributed by atoms with Gasteiger partial charge in [-0.2, -0.15) is 5.26 Å². The molecule has 19 nitrogen and oxygen atoms in total. The van der Waals surface area contributed by atoms with Crippen molar-refractivity contribution in [2.45, 2.75) is 330 Å². The Kier molecular flexibility index (Phi) is 54.2. The maximum atomic E-state index is 12.3. The average Bonchev–Trinajstić information content (AvgIpc) is 3.66. The Balaban J connectivity index is -0.000000537. The topological polar surface area (TPSA) is 256 Å². The summed E-state index contributed by atoms with van der Waals surface area (Å²) in [7, 11) is -1.20. The summed E-state index contributed by atoms with van der Waals surface area (Å²) < 4.78 is 36.7. The maximum absolute atomic E-state index is 12.3. The predicted octanol–water partition coefficient (Wildman–Crippen LogP) is 14.2. The minimum absolute atomic E-state index is 0.00970. The van der Waals surface area contributed by atoms with E-state index >= 15 is 0 Å². The SMILES string of the molecule is CCC(CCC(=O)CCC(=O)C(C)C)OC(=O)CCC(C)=O.CCC(CCC(=O)CCC(=O)C(C)C)OC(OCCC#N)N(C(C)C)C(C)C.CCC(OC(=O)CCC(C)=O)C(=O)C(C)C.CCCOP(OC(CC)C(=O)C(C)C)N(C(C)C)C(C)C. The van der Waals surface area contributed by atoms with Crippen LogP contribution in [0.25, 0.3) is 0 Å². The molecule has 6 unspecified atom stereocenters. The first-order chi connectivity index (χ1) is 40.5. The van der Waals surface area contributed by atoms with Crippen molar-refractivity contribution >= 4 is 66.7 Å². The van der Waals surface area contributed by atoms with Gasteiger partial charge in [-0.1, -0.05) is 90.0 Å². The number of hydrogen-bond acceptors (Lipinski definition) is 19. The third-order valence-corrected chi connectivity index (χ3v) is 15.7. The molecule has 0 aliphatic heterocycles. The van der Waals surface area contributed by atoms with E-state index in [2.05, 4.69) is 78.0 Å². The summed E-state index contributed by atoms with van der Waals surface area (Å²) in [6, 6.07) is 3.16. The second kappa shape index (κ2) is 52.7. The number of carbonyl (C=O) groups excluding carboxylic acids is 10. The molecule has 0 aromatic rings. The zero-order chi connectivity index (χ0) is 68.1. The van der Waals surface area contributed by atoms with Crippen molar-refractivity contribution in [2.24, 2.45) is 23.7 Å². The molecule has 0 saturated carbocycles. The molecule has 0 saturated heterocycles. The van der Waals surface area contributed by atoms with Crippen molar-refractivity contribution in [1.82, 2.24) is 9.57 Å². The first-order valence-electron chi connectivity index (χ1n) is 32.4. The monoisotopic (exact) mass is 1260 g/mol. The van der Waals surface area contributed by atoms with Crippen LogP contribution in [0.5, 0.6) is 0 Å². The van der Waals surface area contributed by atoms with Gasteiger partial charge in [-0.25, -0.2) is 4.67 Å². The molecule has 0 fully saturated rings. The number of ketones is 8. The Morgan fingerprint density at radius 1 is 0.460 bits per heavy atom. The molecule has 20 heteroatoms. The van der Waals surface area contributed by atoms with Crippen LogP contribution in [0.1, 0.15) is 275 Å². The summed E-state index contributed by atoms with van der Waals surface area (Å²) in [6.45, 7) is 45.2. The van der Waals surface area contributed by atoms with Gasteiger partial charge in [0.2, 0.25) is 6.41 Å². The molecule has 0 aliphatic carbocycles. The lowest BCUT2D eigenvalue weighted by molar-refractivity contribution is -0.260. The maximum Gasteiger partial charge on any atom is 0.306 e. The zero-order valence-corrected chi connectivity index (χ0v) is 59.4. The van der Waals surface area contributed by atoms with Gasteiger partial charge in [0.1, 0.15) is 46.9 Å². The van der Waals surface area contributed by atoms with Crippen molar-refractivity contribution in [3.8, 4) is 6.07 Å². The molecule has 0 bridgehead atoms. The van der Waals surface area contributed by atoms with Crippen LogP contribution in [0.15, 0.2) is 0 Å². The average molecular weight is 1260 g/mol. The van der Waals surface area contributed by atoms with Crippen LogP contribution in [0, 0.1) is 35.0 Å². The molecule has 0 aromatic heterocycles. The lowest BCUT2D eigenvalue weighted by Gasteiger charge is -2.38. The summed E-state index contributed by atoms with van der Waals surface area (Å²) >= 11 is 0. The molecule has 0 amide bonds. The summed E-state index contributed by atoms with van der Waals surface area (Å²) in [5.74, 6) is -0.762. The van der Waals surface area contributed by atoms with Gasteiger partial charge in [0, 0.05) is 99.2 Å². The smallest absolute Gasteiger partial charge is 0.306 e. The Bertz CT molecular complexity index is 2000. The summed E-state index contributed by atoms with van der Waals surface area (Å²) in [4.78, 5) is 117. The van der Waals surface area contributed by atoms with Crippen LogP contribution in [-0.4, -0.2) is 136 Å². The second-order valence-electron chi connectivity index (χ2n) is 24.3. The van der Waals surface area contributed by atoms with Gasteiger partial charge in [-0.3, -0.25) is 43.3 Å². The number of nitriles is 1. The standard InChI is InChI=1S/C22H40N2O4.C17H28O5.C16H34NO3P.C12H20O4/c1-8-20(12-10-19(25)11-13-21(26)16(2)3)28-22(27-15-9-14-23)24(17(4)5)18(6)7;1-5-15(22-17(21)11-6-13(4)18)9-7-14(19)8-10-16(20)12(2)3;1-9-11-19-21(17(13(5)6)14(7)8)20-15(10-2)16(18)12(3)4;1-5-10(12(15)8(2)3)16-11(14)7-6-9(4)13/h16-18,20,22H,8-13,15H2,1-7H3;12,15H,5-11H2,1-4H3;12-15H,9-11H2,1-8H3;8,10H,5-7H2,1-4H3. The molecular weight excluding hydrogens is 1130 g/mol. The normalized spacial score (nSPS) is 13.5. The number of rotatable bonds is 46. The van der Waals surface area contributed by atoms with Crippen molar-refractivity contribution < 1.29 is 75.9 Å². The van der Waals surface area contributed by atoms with Crippen LogP contribution in [0.2, 0.25) is 0 Å². The number of Topliss-reactive ketones (excluding diaryl/α,β-unsaturated/α-hetero) is 8. The predicted molar refractivity (Wildman–Crippen MR) is 344 cm³/mol. The van der Waals surface area contributed by atoms with E-state index in [0.29, 0.717) is 89.5 Å². The Morgan fingerprint density at radius 3 is 1.22 bits per heavy atom. The Hall–Kier alpha value is -4.02. The molecule has 0 heterocycles. The first kappa shape index (κ1) is 89.4. The molecule has 6 atom stereocenters. The highest BCUT2D eigenvalue weighted by Crippen LogP contribution is 2.47. The van der Waals surface area contributed by atoms with E-state index in [9.17, 15) is 47.9 Å². The lowest BCUT2D eigenvalue weighted by Crippen LogP contribution is -2.49. The molecule has 0 rings (SSSR count). The summed E-state index contributed by atoms with van der Waals surface area (Å²) in [5.41, 5.74) is 0. The first-order valence-corrected chi connectivity index (χ1v) is 33.5. The number of ether oxygens (including phenoxy) is 4. The molecule has 0 aliphatic rings. The van der Waals surface area contributed by atoms with E-state index in [1.807, 2.05) is 62.3 Å². The zero-order valence-electron chi connectivity index (χ0n) is 58.5. The van der Waals surface area contributed by atoms with Gasteiger partial charge in [-0.05, 0) is 114 Å². The summed E-state index contributed by atoms with van der Waals surface area (Å²) in [6.07, 6.45) is 5.26. The minimum atomic E-state index is -1.20. The third-order valence-electron chi connectivity index (χ3n) is 13.5. The van der Waals surface area contributed by atoms with Gasteiger partial charge < -0.3 is 37.6 Å². The van der Waals surface area contributed by atoms with Crippen LogP contribution >= 0.6 is 8.53 Å². The fourth-order valence-electron chi connectivity index (χ4n) is 8.20. The van der Waals surface area contributed by atoms with Gasteiger partial charge in [0.05, 0.1) is 44.6 Å². The third kappa shape index (κ3) is 45.8. The number of carbonyl (C=O) groups is 10. The highest BCUT2D eigenvalue weighted by molar-refractivity contribution is 7.44. The fraction of sp³-hybridized carbons (Fsp3) is 0.836. The van der Waals surface area contributed by atoms with E-state index in [1.54, 1.807) is 20.8 Å². The number of esters is 2. The van der Waals surface area contributed by atoms with Gasteiger partial charge in [0.15, 0.2) is 17.7 Å². The second-order valence-corrected chi connectivity index (χ2v) is 25.8. The molecule has 87 heavy (non-hydrogen) atoms. The fourth-order valence-corrected chi connectivity index (χ4v) is 10.1. The van der Waals surface area contributed by atoms with Crippen molar-refractivity contribution in [2.75, 3.05) is 13.2 Å². The molecule has 0 spiro atoms. The summed E-state index contributed by atoms with van der Waals surface area (Å²) in [5, 5.41) is 8.79.